The van der Waals surface area contributed by atoms with Crippen LogP contribution in [0, 0.1) is 6.92 Å². The van der Waals surface area contributed by atoms with Crippen LogP contribution in [0.25, 0.3) is 11.1 Å². The lowest BCUT2D eigenvalue weighted by molar-refractivity contribution is 0.731. The van der Waals surface area contributed by atoms with Crippen LogP contribution in [0.5, 0.6) is 0 Å². The van der Waals surface area contributed by atoms with Crippen LogP contribution in [0.15, 0.2) is 29.1 Å². The van der Waals surface area contributed by atoms with Crippen molar-refractivity contribution in [3.8, 4) is 11.1 Å². The van der Waals surface area contributed by atoms with Crippen LogP contribution >= 0.6 is 15.9 Å². The maximum atomic E-state index is 11.9. The zero-order valence-electron chi connectivity index (χ0n) is 9.25. The van der Waals surface area contributed by atoms with Gasteiger partial charge in [-0.05, 0) is 18.1 Å². The van der Waals surface area contributed by atoms with Gasteiger partial charge in [0.1, 0.15) is 0 Å². The lowest BCUT2D eigenvalue weighted by Crippen LogP contribution is -2.13. The zero-order valence-corrected chi connectivity index (χ0v) is 10.8. The van der Waals surface area contributed by atoms with Gasteiger partial charge >= 0.3 is 0 Å². The molecule has 3 nitrogen and oxygen atoms in total. The number of alkyl halides is 1. The van der Waals surface area contributed by atoms with E-state index in [-0.39, 0.29) is 5.56 Å². The van der Waals surface area contributed by atoms with Crippen LogP contribution in [0.2, 0.25) is 0 Å². The van der Waals surface area contributed by atoms with E-state index in [1.165, 1.54) is 10.2 Å². The van der Waals surface area contributed by atoms with Crippen LogP contribution < -0.4 is 5.56 Å². The van der Waals surface area contributed by atoms with E-state index in [2.05, 4.69) is 21.0 Å². The molecule has 0 atom stereocenters. The molecule has 1 heterocycles. The van der Waals surface area contributed by atoms with E-state index in [0.29, 0.717) is 0 Å². The normalized spacial score (nSPS) is 10.7. The molecule has 0 radical (unpaired) electrons. The lowest BCUT2D eigenvalue weighted by atomic mass is 10.0. The Kier molecular flexibility index (Phi) is 3.01. The number of rotatable bonds is 2. The lowest BCUT2D eigenvalue weighted by Gasteiger charge is -2.00. The topological polar surface area (TPSA) is 37.8 Å². The fraction of sp³-hybridized carbons (Fsp3) is 0.250. The van der Waals surface area contributed by atoms with Crippen molar-refractivity contribution in [1.82, 2.24) is 9.78 Å². The quantitative estimate of drug-likeness (QED) is 0.844. The minimum Gasteiger partial charge on any atom is -0.300 e. The minimum absolute atomic E-state index is 0.0178. The van der Waals surface area contributed by atoms with Gasteiger partial charge < -0.3 is 0 Å². The summed E-state index contributed by atoms with van der Waals surface area (Å²) in [4.78, 5) is 11.9. The molecule has 2 aromatic rings. The number of H-pyrrole nitrogens is 1. The fourth-order valence-corrected chi connectivity index (χ4v) is 2.19. The van der Waals surface area contributed by atoms with Crippen molar-refractivity contribution < 1.29 is 0 Å². The summed E-state index contributed by atoms with van der Waals surface area (Å²) in [5.74, 6) is 0. The van der Waals surface area contributed by atoms with E-state index >= 15 is 0 Å². The molecule has 1 N–H and O–H groups in total. The molecule has 0 unspecified atom stereocenters. The third kappa shape index (κ3) is 1.85. The molecule has 0 saturated carbocycles. The number of halogens is 1. The molecule has 2 rings (SSSR count). The van der Waals surface area contributed by atoms with Gasteiger partial charge in [0.25, 0.3) is 5.56 Å². The highest BCUT2D eigenvalue weighted by atomic mass is 79.9. The second-order valence-electron chi connectivity index (χ2n) is 3.81. The summed E-state index contributed by atoms with van der Waals surface area (Å²) in [7, 11) is 1.73. The van der Waals surface area contributed by atoms with Gasteiger partial charge in [-0.1, -0.05) is 40.2 Å². The number of benzene rings is 1. The van der Waals surface area contributed by atoms with Gasteiger partial charge in [0.15, 0.2) is 0 Å². The predicted molar refractivity (Wildman–Crippen MR) is 68.8 cm³/mol. The van der Waals surface area contributed by atoms with Gasteiger partial charge in [0.2, 0.25) is 0 Å². The van der Waals surface area contributed by atoms with Gasteiger partial charge in [-0.15, -0.1) is 0 Å². The second kappa shape index (κ2) is 4.29. The van der Waals surface area contributed by atoms with Crippen LogP contribution in [0.1, 0.15) is 11.3 Å². The smallest absolute Gasteiger partial charge is 0.274 e. The number of aromatic amines is 1. The van der Waals surface area contributed by atoms with E-state index in [1.807, 2.05) is 31.2 Å². The average Bonchev–Trinajstić information content (AvgIpc) is 2.53. The number of aryl methyl sites for hydroxylation is 2. The SMILES string of the molecule is Cc1[nH]n(C)c(=O)c1-c1cccc(CBr)c1. The third-order valence-corrected chi connectivity index (χ3v) is 3.25. The Morgan fingerprint density at radius 2 is 2.19 bits per heavy atom. The van der Waals surface area contributed by atoms with Gasteiger partial charge in [-0.2, -0.15) is 0 Å². The minimum atomic E-state index is 0.0178. The van der Waals surface area contributed by atoms with Crippen LogP contribution in [0.3, 0.4) is 0 Å². The highest BCUT2D eigenvalue weighted by Gasteiger charge is 2.11. The third-order valence-electron chi connectivity index (χ3n) is 2.60. The summed E-state index contributed by atoms with van der Waals surface area (Å²) in [6.45, 7) is 1.91. The Hall–Kier alpha value is -1.29. The summed E-state index contributed by atoms with van der Waals surface area (Å²) in [5.41, 5.74) is 3.81. The Labute approximate surface area is 102 Å². The number of hydrogen-bond acceptors (Lipinski definition) is 1. The molecule has 0 aliphatic heterocycles. The highest BCUT2D eigenvalue weighted by molar-refractivity contribution is 9.08. The first-order chi connectivity index (χ1) is 7.63. The van der Waals surface area contributed by atoms with Crippen LogP contribution in [-0.2, 0) is 12.4 Å². The summed E-state index contributed by atoms with van der Waals surface area (Å²) < 4.78 is 1.51. The number of hydrogen-bond donors (Lipinski definition) is 1. The molecule has 84 valence electrons. The van der Waals surface area contributed by atoms with E-state index in [4.69, 9.17) is 0 Å². The molecule has 0 aliphatic carbocycles. The zero-order chi connectivity index (χ0) is 11.7. The molecule has 4 heteroatoms. The van der Waals surface area contributed by atoms with Crippen molar-refractivity contribution in [1.29, 1.82) is 0 Å². The Bertz CT molecular complexity index is 569. The van der Waals surface area contributed by atoms with E-state index < -0.39 is 0 Å². The fourth-order valence-electron chi connectivity index (χ4n) is 1.84. The van der Waals surface area contributed by atoms with Crippen molar-refractivity contribution in [3.63, 3.8) is 0 Å². The molecule has 16 heavy (non-hydrogen) atoms. The highest BCUT2D eigenvalue weighted by Crippen LogP contribution is 2.20. The number of nitrogens with one attached hydrogen (secondary N) is 1. The van der Waals surface area contributed by atoms with Gasteiger partial charge in [0, 0.05) is 18.1 Å². The Morgan fingerprint density at radius 3 is 2.75 bits per heavy atom. The first kappa shape index (κ1) is 11.2. The summed E-state index contributed by atoms with van der Waals surface area (Å²) in [6.07, 6.45) is 0. The van der Waals surface area contributed by atoms with Crippen molar-refractivity contribution in [2.45, 2.75) is 12.3 Å². The van der Waals surface area contributed by atoms with Gasteiger partial charge in [-0.3, -0.25) is 14.6 Å². The molecule has 1 aromatic carbocycles. The summed E-state index contributed by atoms with van der Waals surface area (Å²) in [5, 5.41) is 3.80. The molecule has 0 aliphatic rings. The van der Waals surface area contributed by atoms with Crippen molar-refractivity contribution >= 4 is 15.9 Å². The largest absolute Gasteiger partial charge is 0.300 e. The maximum absolute atomic E-state index is 11.9. The summed E-state index contributed by atoms with van der Waals surface area (Å²) >= 11 is 3.42. The monoisotopic (exact) mass is 280 g/mol. The van der Waals surface area contributed by atoms with Crippen LogP contribution in [0.4, 0.5) is 0 Å². The van der Waals surface area contributed by atoms with Gasteiger partial charge in [0.05, 0.1) is 5.56 Å². The van der Waals surface area contributed by atoms with Crippen molar-refractivity contribution in [3.05, 3.63) is 45.9 Å². The molecule has 0 amide bonds. The number of nitrogens with zero attached hydrogens (tertiary/aromatic N) is 1. The summed E-state index contributed by atoms with van der Waals surface area (Å²) in [6, 6.07) is 8.00. The molecular formula is C12H13BrN2O. The first-order valence-electron chi connectivity index (χ1n) is 5.04. The molecular weight excluding hydrogens is 268 g/mol. The molecule has 0 saturated heterocycles. The standard InChI is InChI=1S/C12H13BrN2O/c1-8-11(12(16)15(2)14-8)10-5-3-4-9(6-10)7-13/h3-6,14H,7H2,1-2H3. The van der Waals surface area contributed by atoms with Crippen molar-refractivity contribution in [2.24, 2.45) is 7.05 Å². The Balaban J connectivity index is 2.62. The number of aromatic nitrogens is 2. The first-order valence-corrected chi connectivity index (χ1v) is 6.16. The van der Waals surface area contributed by atoms with E-state index in [0.717, 1.165) is 22.2 Å². The maximum Gasteiger partial charge on any atom is 0.274 e. The molecule has 0 spiro atoms. The average molecular weight is 281 g/mol. The molecule has 0 fully saturated rings. The van der Waals surface area contributed by atoms with Gasteiger partial charge in [-0.25, -0.2) is 0 Å². The molecule has 0 bridgehead atoms. The van der Waals surface area contributed by atoms with E-state index in [9.17, 15) is 4.79 Å². The molecule has 1 aromatic heterocycles. The second-order valence-corrected chi connectivity index (χ2v) is 4.37. The predicted octanol–water partition coefficient (Wildman–Crippen LogP) is 2.58. The Morgan fingerprint density at radius 1 is 1.44 bits per heavy atom. The van der Waals surface area contributed by atoms with E-state index in [1.54, 1.807) is 7.05 Å². The van der Waals surface area contributed by atoms with Crippen molar-refractivity contribution in [2.75, 3.05) is 0 Å². The van der Waals surface area contributed by atoms with Crippen LogP contribution in [-0.4, -0.2) is 9.78 Å².